The Morgan fingerprint density at radius 1 is 1.50 bits per heavy atom. The van der Waals surface area contributed by atoms with E-state index in [0.29, 0.717) is 5.69 Å². The number of allylic oxidation sites excluding steroid dienone is 1. The Kier molecular flexibility index (Phi) is 2.80. The van der Waals surface area contributed by atoms with Crippen molar-refractivity contribution in [3.05, 3.63) is 17.5 Å². The maximum Gasteiger partial charge on any atom is 0.332 e. The lowest BCUT2D eigenvalue weighted by atomic mass is 10.1. The number of aromatic nitrogens is 2. The minimum atomic E-state index is -0.618. The van der Waals surface area contributed by atoms with Gasteiger partial charge in [-0.15, -0.1) is 0 Å². The molecule has 1 aromatic rings. The molecular weight excluding hydrogens is 254 g/mol. The van der Waals surface area contributed by atoms with E-state index in [1.54, 1.807) is 0 Å². The average Bonchev–Trinajstić information content (AvgIpc) is 2.70. The van der Waals surface area contributed by atoms with E-state index >= 15 is 0 Å². The molecule has 0 aliphatic heterocycles. The Morgan fingerprint density at radius 3 is 2.88 bits per heavy atom. The van der Waals surface area contributed by atoms with Crippen molar-refractivity contribution in [2.45, 2.75) is 6.92 Å². The number of Topliss-reactive ketones (excluding diaryl/α,β-unsaturated/α-hetero) is 1. The molecule has 0 bridgehead atoms. The van der Waals surface area contributed by atoms with Gasteiger partial charge in [-0.05, 0) is 6.08 Å². The van der Waals surface area contributed by atoms with Crippen molar-refractivity contribution in [2.75, 3.05) is 0 Å². The topological polar surface area (TPSA) is 81.5 Å². The molecule has 0 atom stereocenters. The zero-order valence-electron chi connectivity index (χ0n) is 7.93. The second-order valence-electron chi connectivity index (χ2n) is 2.84. The van der Waals surface area contributed by atoms with E-state index in [1.807, 2.05) is 0 Å². The summed E-state index contributed by atoms with van der Waals surface area (Å²) < 4.78 is 7.66. The molecule has 0 saturated heterocycles. The maximum absolute atomic E-state index is 11.7. The minimum Gasteiger partial charge on any atom is -0.318 e. The molecule has 0 radical (unpaired) electrons. The largest absolute Gasteiger partial charge is 0.332 e. The lowest BCUT2D eigenvalue weighted by Crippen LogP contribution is -2.19. The number of oxime groups is 1. The van der Waals surface area contributed by atoms with E-state index < -0.39 is 11.8 Å². The predicted molar refractivity (Wildman–Crippen MR) is 57.3 cm³/mol. The zero-order valence-corrected chi connectivity index (χ0v) is 9.50. The van der Waals surface area contributed by atoms with Crippen LogP contribution in [-0.2, 0) is 9.63 Å². The summed E-state index contributed by atoms with van der Waals surface area (Å²) >= 11 is 6.74. The number of fused-ring (bicyclic) bond motifs is 1. The van der Waals surface area contributed by atoms with E-state index in [2.05, 4.69) is 18.7 Å². The highest BCUT2D eigenvalue weighted by molar-refractivity contribution is 6.99. The van der Waals surface area contributed by atoms with E-state index in [0.717, 1.165) is 11.7 Å². The third-order valence-corrected chi connectivity index (χ3v) is 2.52. The molecule has 2 rings (SSSR count). The first-order valence-electron chi connectivity index (χ1n) is 4.10. The first-order valence-corrected chi connectivity index (χ1v) is 5.21. The first kappa shape index (κ1) is 10.9. The molecule has 82 valence electrons. The molecule has 8 heteroatoms. The Morgan fingerprint density at radius 2 is 2.19 bits per heavy atom. The SMILES string of the molecule is CC(=O)O/N=C1/C=C(Cl)c2nsnc2C1=O. The number of carbonyl (C=O) groups excluding carboxylic acids is 2. The van der Waals surface area contributed by atoms with Crippen LogP contribution in [0.25, 0.3) is 5.03 Å². The summed E-state index contributed by atoms with van der Waals surface area (Å²) in [5, 5.41) is 3.63. The normalized spacial score (nSPS) is 17.0. The van der Waals surface area contributed by atoms with E-state index in [9.17, 15) is 9.59 Å². The van der Waals surface area contributed by atoms with Crippen LogP contribution in [0.3, 0.4) is 0 Å². The van der Waals surface area contributed by atoms with Crippen LogP contribution >= 0.6 is 23.3 Å². The molecule has 1 heterocycles. The van der Waals surface area contributed by atoms with Crippen LogP contribution in [0.15, 0.2) is 11.2 Å². The molecule has 1 aliphatic carbocycles. The molecule has 0 N–H and O–H groups in total. The van der Waals surface area contributed by atoms with Crippen molar-refractivity contribution in [3.63, 3.8) is 0 Å². The fourth-order valence-corrected chi connectivity index (χ4v) is 1.89. The van der Waals surface area contributed by atoms with Gasteiger partial charge in [0.1, 0.15) is 5.69 Å². The smallest absolute Gasteiger partial charge is 0.318 e. The Bertz CT molecular complexity index is 534. The number of ketones is 1. The summed E-state index contributed by atoms with van der Waals surface area (Å²) in [4.78, 5) is 26.6. The Hall–Kier alpha value is -1.60. The minimum absolute atomic E-state index is 0.0691. The summed E-state index contributed by atoms with van der Waals surface area (Å²) in [6, 6.07) is 0. The van der Waals surface area contributed by atoms with Gasteiger partial charge in [-0.25, -0.2) is 4.79 Å². The van der Waals surface area contributed by atoms with Gasteiger partial charge in [0.2, 0.25) is 5.78 Å². The molecular formula is C8H4ClN3O3S. The van der Waals surface area contributed by atoms with E-state index in [1.165, 1.54) is 13.0 Å². The van der Waals surface area contributed by atoms with Gasteiger partial charge in [-0.2, -0.15) is 8.75 Å². The van der Waals surface area contributed by atoms with Crippen molar-refractivity contribution in [3.8, 4) is 0 Å². The fraction of sp³-hybridized carbons (Fsp3) is 0.125. The summed E-state index contributed by atoms with van der Waals surface area (Å²) in [6.07, 6.45) is 1.29. The average molecular weight is 258 g/mol. The molecule has 1 aromatic heterocycles. The Labute approximate surface area is 98.9 Å². The fourth-order valence-electron chi connectivity index (χ4n) is 1.05. The van der Waals surface area contributed by atoms with Gasteiger partial charge in [0.15, 0.2) is 11.4 Å². The van der Waals surface area contributed by atoms with Crippen LogP contribution in [0.2, 0.25) is 0 Å². The van der Waals surface area contributed by atoms with Crippen LogP contribution < -0.4 is 0 Å². The van der Waals surface area contributed by atoms with Crippen molar-refractivity contribution >= 4 is 45.8 Å². The number of rotatable bonds is 1. The van der Waals surface area contributed by atoms with Crippen LogP contribution in [0.4, 0.5) is 0 Å². The van der Waals surface area contributed by atoms with Crippen molar-refractivity contribution in [2.24, 2.45) is 5.16 Å². The molecule has 0 spiro atoms. The maximum atomic E-state index is 11.7. The van der Waals surface area contributed by atoms with Crippen LogP contribution in [-0.4, -0.2) is 26.2 Å². The van der Waals surface area contributed by atoms with Crippen LogP contribution in [0, 0.1) is 0 Å². The second-order valence-corrected chi connectivity index (χ2v) is 3.78. The molecule has 0 aromatic carbocycles. The number of carbonyl (C=O) groups is 2. The zero-order chi connectivity index (χ0) is 11.7. The van der Waals surface area contributed by atoms with Gasteiger partial charge in [0.05, 0.1) is 16.8 Å². The predicted octanol–water partition coefficient (Wildman–Crippen LogP) is 1.23. The van der Waals surface area contributed by atoms with Gasteiger partial charge in [0, 0.05) is 6.92 Å². The number of hydrogen-bond acceptors (Lipinski definition) is 7. The standard InChI is InChI=1S/C8H4ClN3O3S/c1-3(13)15-10-5-2-4(9)6-7(8(5)14)12-16-11-6/h2H,1H3/b10-5-. The van der Waals surface area contributed by atoms with Crippen molar-refractivity contribution < 1.29 is 14.4 Å². The van der Waals surface area contributed by atoms with Gasteiger partial charge in [-0.1, -0.05) is 16.8 Å². The number of nitrogens with zero attached hydrogens (tertiary/aromatic N) is 3. The highest BCUT2D eigenvalue weighted by Crippen LogP contribution is 2.26. The highest BCUT2D eigenvalue weighted by Gasteiger charge is 2.28. The molecule has 0 unspecified atom stereocenters. The van der Waals surface area contributed by atoms with Gasteiger partial charge < -0.3 is 4.84 Å². The highest BCUT2D eigenvalue weighted by atomic mass is 35.5. The van der Waals surface area contributed by atoms with Crippen molar-refractivity contribution in [1.82, 2.24) is 8.75 Å². The summed E-state index contributed by atoms with van der Waals surface area (Å²) in [7, 11) is 0. The molecule has 0 fully saturated rings. The lowest BCUT2D eigenvalue weighted by molar-refractivity contribution is -0.140. The lowest BCUT2D eigenvalue weighted by Gasteiger charge is -2.05. The summed E-state index contributed by atoms with van der Waals surface area (Å²) in [5.74, 6) is -1.08. The number of hydrogen-bond donors (Lipinski definition) is 0. The van der Waals surface area contributed by atoms with Crippen LogP contribution in [0.5, 0.6) is 0 Å². The third-order valence-electron chi connectivity index (χ3n) is 1.70. The molecule has 16 heavy (non-hydrogen) atoms. The third kappa shape index (κ3) is 1.86. The molecule has 1 aliphatic rings. The first-order chi connectivity index (χ1) is 7.59. The van der Waals surface area contributed by atoms with Gasteiger partial charge in [-0.3, -0.25) is 4.79 Å². The van der Waals surface area contributed by atoms with Crippen LogP contribution in [0.1, 0.15) is 23.1 Å². The summed E-state index contributed by atoms with van der Waals surface area (Å²) in [5.41, 5.74) is 0.391. The van der Waals surface area contributed by atoms with E-state index in [-0.39, 0.29) is 16.4 Å². The molecule has 6 nitrogen and oxygen atoms in total. The van der Waals surface area contributed by atoms with Gasteiger partial charge >= 0.3 is 5.97 Å². The van der Waals surface area contributed by atoms with Gasteiger partial charge in [0.25, 0.3) is 0 Å². The van der Waals surface area contributed by atoms with Crippen molar-refractivity contribution in [1.29, 1.82) is 0 Å². The second kappa shape index (κ2) is 4.11. The molecule has 0 amide bonds. The number of halogens is 1. The van der Waals surface area contributed by atoms with E-state index in [4.69, 9.17) is 11.6 Å². The summed E-state index contributed by atoms with van der Waals surface area (Å²) in [6.45, 7) is 1.18. The Balaban J connectivity index is 2.40. The quantitative estimate of drug-likeness (QED) is 0.558. The molecule has 0 saturated carbocycles. The monoisotopic (exact) mass is 257 g/mol.